The molecule has 2 aromatic rings. The minimum absolute atomic E-state index is 0.0546. The van der Waals surface area contributed by atoms with Crippen LogP contribution in [0.1, 0.15) is 16.7 Å². The predicted molar refractivity (Wildman–Crippen MR) is 92.3 cm³/mol. The summed E-state index contributed by atoms with van der Waals surface area (Å²) >= 11 is 0. The minimum atomic E-state index is -0.780. The van der Waals surface area contributed by atoms with Gasteiger partial charge in [-0.1, -0.05) is 0 Å². The first-order valence-electron chi connectivity index (χ1n) is 8.00. The summed E-state index contributed by atoms with van der Waals surface area (Å²) in [4.78, 5) is 21.9. The van der Waals surface area contributed by atoms with Gasteiger partial charge in [-0.05, 0) is 29.8 Å². The standard InChI is InChI=1S/C18H12N4O5/c19-8-14-5-12-6-16-17(27-10-26-16)7-15(12)18(20-21(14)9-23)11-1-3-13(4-2-11)22(24)25/h1-4,6-7,9,14H,5,10H2. The summed E-state index contributed by atoms with van der Waals surface area (Å²) in [5, 5.41) is 25.8. The van der Waals surface area contributed by atoms with E-state index in [9.17, 15) is 20.2 Å². The van der Waals surface area contributed by atoms with Crippen LogP contribution in [-0.2, 0) is 11.2 Å². The molecule has 2 aliphatic heterocycles. The van der Waals surface area contributed by atoms with Crippen molar-refractivity contribution in [3.63, 3.8) is 0 Å². The van der Waals surface area contributed by atoms with Crippen molar-refractivity contribution in [3.8, 4) is 17.6 Å². The first-order valence-corrected chi connectivity index (χ1v) is 8.00. The number of nitrogens with zero attached hydrogens (tertiary/aromatic N) is 4. The van der Waals surface area contributed by atoms with Crippen LogP contribution >= 0.6 is 0 Å². The summed E-state index contributed by atoms with van der Waals surface area (Å²) in [7, 11) is 0. The van der Waals surface area contributed by atoms with Gasteiger partial charge in [0.15, 0.2) is 11.5 Å². The number of carbonyl (C=O) groups is 1. The van der Waals surface area contributed by atoms with E-state index in [1.165, 1.54) is 12.1 Å². The van der Waals surface area contributed by atoms with Gasteiger partial charge in [-0.15, -0.1) is 0 Å². The van der Waals surface area contributed by atoms with Crippen LogP contribution in [0.5, 0.6) is 11.5 Å². The fourth-order valence-electron chi connectivity index (χ4n) is 3.07. The van der Waals surface area contributed by atoms with Crippen LogP contribution in [0.2, 0.25) is 0 Å². The number of non-ortho nitro benzene ring substituents is 1. The van der Waals surface area contributed by atoms with Gasteiger partial charge in [-0.3, -0.25) is 14.9 Å². The zero-order valence-electron chi connectivity index (χ0n) is 13.9. The molecule has 1 atom stereocenters. The van der Waals surface area contributed by atoms with Crippen molar-refractivity contribution >= 4 is 17.8 Å². The number of nitro groups is 1. The molecule has 9 nitrogen and oxygen atoms in total. The lowest BCUT2D eigenvalue weighted by Crippen LogP contribution is -2.29. The van der Waals surface area contributed by atoms with Gasteiger partial charge in [-0.25, -0.2) is 5.01 Å². The second kappa shape index (κ2) is 6.42. The number of carbonyl (C=O) groups excluding carboxylic acids is 1. The molecular weight excluding hydrogens is 352 g/mol. The van der Waals surface area contributed by atoms with Gasteiger partial charge >= 0.3 is 0 Å². The van der Waals surface area contributed by atoms with E-state index in [-0.39, 0.29) is 18.9 Å². The molecule has 0 bridgehead atoms. The van der Waals surface area contributed by atoms with Crippen LogP contribution in [0.15, 0.2) is 41.5 Å². The SMILES string of the molecule is N#CC1Cc2cc3c(cc2C(c2ccc([N+](=O)[O-])cc2)=NN1C=O)OCO3. The molecule has 134 valence electrons. The smallest absolute Gasteiger partial charge is 0.269 e. The first-order chi connectivity index (χ1) is 13.1. The topological polar surface area (TPSA) is 118 Å². The second-order valence-electron chi connectivity index (χ2n) is 5.95. The third-order valence-electron chi connectivity index (χ3n) is 4.41. The Bertz CT molecular complexity index is 1010. The van der Waals surface area contributed by atoms with Crippen molar-refractivity contribution in [2.75, 3.05) is 6.79 Å². The quantitative estimate of drug-likeness (QED) is 0.467. The van der Waals surface area contributed by atoms with Crippen molar-refractivity contribution < 1.29 is 19.2 Å². The van der Waals surface area contributed by atoms with Gasteiger partial charge in [0.05, 0.1) is 16.7 Å². The number of hydrazone groups is 1. The van der Waals surface area contributed by atoms with Gasteiger partial charge in [0.2, 0.25) is 13.2 Å². The summed E-state index contributed by atoms with van der Waals surface area (Å²) in [5.41, 5.74) is 2.39. The highest BCUT2D eigenvalue weighted by Gasteiger charge is 2.28. The number of hydrogen-bond donors (Lipinski definition) is 0. The maximum Gasteiger partial charge on any atom is 0.269 e. The van der Waals surface area contributed by atoms with Crippen LogP contribution in [0.4, 0.5) is 5.69 Å². The van der Waals surface area contributed by atoms with Crippen LogP contribution in [0, 0.1) is 21.4 Å². The van der Waals surface area contributed by atoms with Crippen molar-refractivity contribution in [3.05, 3.63) is 63.2 Å². The number of amides is 1. The van der Waals surface area contributed by atoms with E-state index in [1.807, 2.05) is 0 Å². The Morgan fingerprint density at radius 1 is 1.26 bits per heavy atom. The molecule has 2 heterocycles. The molecule has 0 saturated carbocycles. The molecule has 0 spiro atoms. The van der Waals surface area contributed by atoms with E-state index in [0.29, 0.717) is 34.7 Å². The molecule has 2 aromatic carbocycles. The molecule has 0 N–H and O–H groups in total. The lowest BCUT2D eigenvalue weighted by Gasteiger charge is -2.15. The largest absolute Gasteiger partial charge is 0.454 e. The zero-order chi connectivity index (χ0) is 19.0. The van der Waals surface area contributed by atoms with E-state index in [4.69, 9.17) is 9.47 Å². The van der Waals surface area contributed by atoms with Gasteiger partial charge < -0.3 is 9.47 Å². The van der Waals surface area contributed by atoms with Crippen LogP contribution in [0.25, 0.3) is 0 Å². The summed E-state index contributed by atoms with van der Waals surface area (Å²) in [6.45, 7) is 0.102. The van der Waals surface area contributed by atoms with E-state index in [0.717, 1.165) is 10.6 Å². The molecule has 2 aliphatic rings. The molecule has 0 saturated heterocycles. The van der Waals surface area contributed by atoms with Crippen molar-refractivity contribution in [1.82, 2.24) is 5.01 Å². The number of rotatable bonds is 3. The Hall–Kier alpha value is -3.93. The molecule has 1 unspecified atom stereocenters. The second-order valence-corrected chi connectivity index (χ2v) is 5.95. The lowest BCUT2D eigenvalue weighted by molar-refractivity contribution is -0.384. The van der Waals surface area contributed by atoms with Crippen LogP contribution < -0.4 is 9.47 Å². The maximum absolute atomic E-state index is 11.5. The van der Waals surface area contributed by atoms with Crippen molar-refractivity contribution in [1.29, 1.82) is 5.26 Å². The number of fused-ring (bicyclic) bond motifs is 2. The highest BCUT2D eigenvalue weighted by atomic mass is 16.7. The van der Waals surface area contributed by atoms with E-state index in [2.05, 4.69) is 11.2 Å². The molecular formula is C18H12N4O5. The summed E-state index contributed by atoms with van der Waals surface area (Å²) in [5.74, 6) is 1.10. The van der Waals surface area contributed by atoms with E-state index >= 15 is 0 Å². The number of nitro benzene ring substituents is 1. The third kappa shape index (κ3) is 2.83. The van der Waals surface area contributed by atoms with Crippen molar-refractivity contribution in [2.45, 2.75) is 12.5 Å². The Morgan fingerprint density at radius 2 is 1.96 bits per heavy atom. The summed E-state index contributed by atoms with van der Waals surface area (Å²) in [6, 6.07) is 10.7. The highest BCUT2D eigenvalue weighted by molar-refractivity contribution is 6.14. The summed E-state index contributed by atoms with van der Waals surface area (Å²) in [6.07, 6.45) is 0.757. The highest BCUT2D eigenvalue weighted by Crippen LogP contribution is 2.37. The summed E-state index contributed by atoms with van der Waals surface area (Å²) < 4.78 is 10.8. The average Bonchev–Trinajstić information content (AvgIpc) is 3.08. The van der Waals surface area contributed by atoms with E-state index in [1.54, 1.807) is 24.3 Å². The van der Waals surface area contributed by atoms with Crippen LogP contribution in [-0.4, -0.2) is 34.9 Å². The molecule has 1 amide bonds. The normalized spacial score (nSPS) is 17.4. The number of ether oxygens (including phenoxy) is 2. The third-order valence-corrected chi connectivity index (χ3v) is 4.41. The maximum atomic E-state index is 11.5. The van der Waals surface area contributed by atoms with Gasteiger partial charge in [-0.2, -0.15) is 10.4 Å². The van der Waals surface area contributed by atoms with Crippen molar-refractivity contribution in [2.24, 2.45) is 5.10 Å². The Labute approximate surface area is 153 Å². The Morgan fingerprint density at radius 3 is 2.59 bits per heavy atom. The molecule has 9 heteroatoms. The molecule has 0 fully saturated rings. The number of hydrogen-bond acceptors (Lipinski definition) is 7. The van der Waals surface area contributed by atoms with Gasteiger partial charge in [0.1, 0.15) is 6.04 Å². The fourth-order valence-corrected chi connectivity index (χ4v) is 3.07. The first kappa shape index (κ1) is 16.5. The van der Waals surface area contributed by atoms with E-state index < -0.39 is 11.0 Å². The Balaban J connectivity index is 1.89. The fraction of sp³-hybridized carbons (Fsp3) is 0.167. The average molecular weight is 364 g/mol. The molecule has 0 aromatic heterocycles. The Kier molecular flexibility index (Phi) is 3.93. The number of benzene rings is 2. The predicted octanol–water partition coefficient (Wildman–Crippen LogP) is 1.98. The molecule has 0 aliphatic carbocycles. The minimum Gasteiger partial charge on any atom is -0.454 e. The lowest BCUT2D eigenvalue weighted by atomic mass is 9.94. The molecule has 27 heavy (non-hydrogen) atoms. The monoisotopic (exact) mass is 364 g/mol. The van der Waals surface area contributed by atoms with Gasteiger partial charge in [0, 0.05) is 29.7 Å². The van der Waals surface area contributed by atoms with Gasteiger partial charge in [0.25, 0.3) is 5.69 Å². The van der Waals surface area contributed by atoms with Crippen LogP contribution in [0.3, 0.4) is 0 Å². The molecule has 4 rings (SSSR count). The zero-order valence-corrected chi connectivity index (χ0v) is 13.9. The molecule has 0 radical (unpaired) electrons. The number of nitriles is 1.